The Morgan fingerprint density at radius 3 is 3.05 bits per heavy atom. The first-order valence-electron chi connectivity index (χ1n) is 5.61. The van der Waals surface area contributed by atoms with Gasteiger partial charge in [0.1, 0.15) is 11.4 Å². The van der Waals surface area contributed by atoms with Crippen LogP contribution in [-0.2, 0) is 0 Å². The van der Waals surface area contributed by atoms with Crippen molar-refractivity contribution in [2.24, 2.45) is 0 Å². The van der Waals surface area contributed by atoms with Crippen LogP contribution in [0.25, 0.3) is 10.2 Å². The number of fused-ring (bicyclic) bond motifs is 1. The molecule has 0 aliphatic carbocycles. The van der Waals surface area contributed by atoms with Gasteiger partial charge in [-0.15, -0.1) is 0 Å². The Balaban J connectivity index is 1.89. The average molecular weight is 273 g/mol. The fourth-order valence-corrected chi connectivity index (χ4v) is 2.69. The summed E-state index contributed by atoms with van der Waals surface area (Å²) in [5.41, 5.74) is 7.94. The van der Waals surface area contributed by atoms with Crippen molar-refractivity contribution in [3.63, 3.8) is 0 Å². The van der Waals surface area contributed by atoms with Crippen molar-refractivity contribution in [3.8, 4) is 0 Å². The van der Waals surface area contributed by atoms with E-state index in [0.717, 1.165) is 15.8 Å². The Labute approximate surface area is 112 Å². The van der Waals surface area contributed by atoms with Gasteiger partial charge in [0.05, 0.1) is 16.4 Å². The lowest BCUT2D eigenvalue weighted by molar-refractivity contribution is 0.102. The van der Waals surface area contributed by atoms with Crippen LogP contribution in [0.5, 0.6) is 0 Å². The molecule has 6 nitrogen and oxygen atoms in total. The van der Waals surface area contributed by atoms with E-state index in [-0.39, 0.29) is 11.7 Å². The van der Waals surface area contributed by atoms with Crippen molar-refractivity contribution in [1.82, 2.24) is 15.2 Å². The van der Waals surface area contributed by atoms with E-state index < -0.39 is 0 Å². The van der Waals surface area contributed by atoms with E-state index in [1.807, 2.05) is 25.1 Å². The fraction of sp³-hybridized carbons (Fsp3) is 0.0833. The summed E-state index contributed by atoms with van der Waals surface area (Å²) in [5.74, 6) is -0.0727. The van der Waals surface area contributed by atoms with Crippen LogP contribution in [0, 0.1) is 6.92 Å². The second-order valence-electron chi connectivity index (χ2n) is 4.14. The first-order chi connectivity index (χ1) is 9.13. The first-order valence-corrected chi connectivity index (χ1v) is 6.42. The molecule has 0 bridgehead atoms. The highest BCUT2D eigenvalue weighted by atomic mass is 32.1. The zero-order chi connectivity index (χ0) is 13.4. The highest BCUT2D eigenvalue weighted by Gasteiger charge is 2.14. The molecule has 0 spiro atoms. The smallest absolute Gasteiger partial charge is 0.262 e. The van der Waals surface area contributed by atoms with Gasteiger partial charge in [0, 0.05) is 0 Å². The lowest BCUT2D eigenvalue weighted by Crippen LogP contribution is -2.12. The number of carbonyl (C=O) groups excluding carboxylic acids is 1. The zero-order valence-corrected chi connectivity index (χ0v) is 10.9. The number of carbonyl (C=O) groups is 1. The molecule has 1 aromatic carbocycles. The van der Waals surface area contributed by atoms with Gasteiger partial charge in [-0.25, -0.2) is 4.98 Å². The standard InChI is InChI=1S/C12H11N5OS/c1-6-2-3-8-9(4-6)19-12(15-8)16-11(18)7-5-14-17-10(7)13/h2-5H,1H3,(H3,13,14,17)(H,15,16,18). The number of rotatable bonds is 2. The molecule has 0 fully saturated rings. The number of nitrogen functional groups attached to an aromatic ring is 1. The molecular weight excluding hydrogens is 262 g/mol. The number of hydrogen-bond acceptors (Lipinski definition) is 5. The lowest BCUT2D eigenvalue weighted by Gasteiger charge is -1.98. The van der Waals surface area contributed by atoms with Crippen molar-refractivity contribution in [2.45, 2.75) is 6.92 Å². The van der Waals surface area contributed by atoms with Crippen LogP contribution >= 0.6 is 11.3 Å². The van der Waals surface area contributed by atoms with E-state index in [1.165, 1.54) is 17.5 Å². The van der Waals surface area contributed by atoms with Gasteiger partial charge < -0.3 is 5.73 Å². The Kier molecular flexibility index (Phi) is 2.68. The maximum Gasteiger partial charge on any atom is 0.262 e. The van der Waals surface area contributed by atoms with Gasteiger partial charge in [0.25, 0.3) is 5.91 Å². The molecule has 7 heteroatoms. The maximum absolute atomic E-state index is 12.0. The number of anilines is 2. The molecule has 3 aromatic rings. The van der Waals surface area contributed by atoms with Gasteiger partial charge in [0.15, 0.2) is 5.13 Å². The summed E-state index contributed by atoms with van der Waals surface area (Å²) in [6, 6.07) is 5.96. The minimum atomic E-state index is -0.318. The van der Waals surface area contributed by atoms with Gasteiger partial charge in [-0.2, -0.15) is 5.10 Å². The summed E-state index contributed by atoms with van der Waals surface area (Å²) in [6.45, 7) is 2.02. The third kappa shape index (κ3) is 2.15. The number of H-pyrrole nitrogens is 1. The van der Waals surface area contributed by atoms with Crippen molar-refractivity contribution >= 4 is 38.4 Å². The summed E-state index contributed by atoms with van der Waals surface area (Å²) < 4.78 is 1.04. The second-order valence-corrected chi connectivity index (χ2v) is 5.17. The summed E-state index contributed by atoms with van der Waals surface area (Å²) in [6.07, 6.45) is 1.39. The maximum atomic E-state index is 12.0. The summed E-state index contributed by atoms with van der Waals surface area (Å²) in [4.78, 5) is 16.3. The second kappa shape index (κ2) is 4.36. The van der Waals surface area contributed by atoms with Gasteiger partial charge in [-0.05, 0) is 24.6 Å². The summed E-state index contributed by atoms with van der Waals surface area (Å²) in [7, 11) is 0. The predicted molar refractivity (Wildman–Crippen MR) is 75.3 cm³/mol. The number of nitrogens with one attached hydrogen (secondary N) is 2. The minimum absolute atomic E-state index is 0.245. The number of aryl methyl sites for hydroxylation is 1. The minimum Gasteiger partial charge on any atom is -0.383 e. The highest BCUT2D eigenvalue weighted by Crippen LogP contribution is 2.27. The monoisotopic (exact) mass is 273 g/mol. The topological polar surface area (TPSA) is 96.7 Å². The number of amides is 1. The number of hydrogen-bond donors (Lipinski definition) is 3. The molecule has 0 radical (unpaired) electrons. The molecule has 2 aromatic heterocycles. The Morgan fingerprint density at radius 2 is 2.32 bits per heavy atom. The quantitative estimate of drug-likeness (QED) is 0.666. The van der Waals surface area contributed by atoms with E-state index >= 15 is 0 Å². The van der Waals surface area contributed by atoms with Gasteiger partial charge in [-0.3, -0.25) is 15.2 Å². The molecule has 96 valence electrons. The van der Waals surface area contributed by atoms with Crippen molar-refractivity contribution in [1.29, 1.82) is 0 Å². The van der Waals surface area contributed by atoms with Crippen molar-refractivity contribution in [3.05, 3.63) is 35.5 Å². The third-order valence-corrected chi connectivity index (χ3v) is 3.61. The molecule has 4 N–H and O–H groups in total. The molecule has 0 aliphatic rings. The van der Waals surface area contributed by atoms with Crippen molar-refractivity contribution < 1.29 is 4.79 Å². The SMILES string of the molecule is Cc1ccc2nc(NC(=O)c3cn[nH]c3N)sc2c1. The molecule has 0 unspecified atom stereocenters. The van der Waals surface area contributed by atoms with Gasteiger partial charge >= 0.3 is 0 Å². The van der Waals surface area contributed by atoms with E-state index in [4.69, 9.17) is 5.73 Å². The van der Waals surface area contributed by atoms with Crippen LogP contribution in [-0.4, -0.2) is 21.1 Å². The Hall–Kier alpha value is -2.41. The molecule has 2 heterocycles. The number of nitrogens with zero attached hydrogens (tertiary/aromatic N) is 2. The Morgan fingerprint density at radius 1 is 1.47 bits per heavy atom. The third-order valence-electron chi connectivity index (χ3n) is 2.68. The number of aromatic nitrogens is 3. The highest BCUT2D eigenvalue weighted by molar-refractivity contribution is 7.22. The van der Waals surface area contributed by atoms with Crippen LogP contribution < -0.4 is 11.1 Å². The Bertz CT molecular complexity index is 760. The summed E-state index contributed by atoms with van der Waals surface area (Å²) >= 11 is 1.43. The van der Waals surface area contributed by atoms with E-state index in [9.17, 15) is 4.79 Å². The number of thiazole rings is 1. The van der Waals surface area contributed by atoms with Crippen LogP contribution in [0.4, 0.5) is 10.9 Å². The molecule has 3 rings (SSSR count). The molecule has 19 heavy (non-hydrogen) atoms. The lowest BCUT2D eigenvalue weighted by atomic mass is 10.2. The number of nitrogens with two attached hydrogens (primary N) is 1. The molecule has 0 saturated heterocycles. The van der Waals surface area contributed by atoms with Gasteiger partial charge in [0.2, 0.25) is 0 Å². The number of benzene rings is 1. The van der Waals surface area contributed by atoms with Crippen LogP contribution in [0.3, 0.4) is 0 Å². The largest absolute Gasteiger partial charge is 0.383 e. The normalized spacial score (nSPS) is 10.8. The van der Waals surface area contributed by atoms with Crippen LogP contribution in [0.15, 0.2) is 24.4 Å². The predicted octanol–water partition coefficient (Wildman–Crippen LogP) is 2.16. The molecule has 0 atom stereocenters. The van der Waals surface area contributed by atoms with Crippen LogP contribution in [0.2, 0.25) is 0 Å². The fourth-order valence-electron chi connectivity index (χ4n) is 1.73. The van der Waals surface area contributed by atoms with Crippen molar-refractivity contribution in [2.75, 3.05) is 11.1 Å². The average Bonchev–Trinajstić information content (AvgIpc) is 2.94. The van der Waals surface area contributed by atoms with E-state index in [2.05, 4.69) is 20.5 Å². The van der Waals surface area contributed by atoms with Gasteiger partial charge in [-0.1, -0.05) is 17.4 Å². The van der Waals surface area contributed by atoms with E-state index in [0.29, 0.717) is 10.7 Å². The summed E-state index contributed by atoms with van der Waals surface area (Å²) in [5, 5.41) is 9.50. The molecule has 1 amide bonds. The number of aromatic amines is 1. The molecular formula is C12H11N5OS. The van der Waals surface area contributed by atoms with E-state index in [1.54, 1.807) is 0 Å². The van der Waals surface area contributed by atoms with Crippen LogP contribution in [0.1, 0.15) is 15.9 Å². The zero-order valence-electron chi connectivity index (χ0n) is 10.1. The molecule has 0 saturated carbocycles. The molecule has 0 aliphatic heterocycles. The first kappa shape index (κ1) is 11.7.